The Morgan fingerprint density at radius 2 is 2.33 bits per heavy atom. The quantitative estimate of drug-likeness (QED) is 0.757. The average Bonchev–Trinajstić information content (AvgIpc) is 2.64. The summed E-state index contributed by atoms with van der Waals surface area (Å²) in [5.74, 6) is -0.366. The maximum Gasteiger partial charge on any atom is 0.322 e. The van der Waals surface area contributed by atoms with Gasteiger partial charge in [0, 0.05) is 25.2 Å². The zero-order chi connectivity index (χ0) is 10.8. The lowest BCUT2D eigenvalue weighted by Crippen LogP contribution is -2.29. The van der Waals surface area contributed by atoms with Gasteiger partial charge in [0.1, 0.15) is 5.82 Å². The Morgan fingerprint density at radius 1 is 1.53 bits per heavy atom. The maximum atomic E-state index is 13.4. The molecule has 1 fully saturated rings. The fourth-order valence-corrected chi connectivity index (χ4v) is 1.70. The molecule has 0 aromatic heterocycles. The molecule has 1 aliphatic rings. The zero-order valence-corrected chi connectivity index (χ0v) is 8.16. The molecule has 0 atom stereocenters. The smallest absolute Gasteiger partial charge is 0.322 e. The number of halogens is 1. The van der Waals surface area contributed by atoms with Crippen LogP contribution in [0.5, 0.6) is 0 Å². The average molecular weight is 209 g/mol. The molecule has 0 saturated carbocycles. The number of amides is 2. The van der Waals surface area contributed by atoms with Crippen LogP contribution < -0.4 is 16.0 Å². The van der Waals surface area contributed by atoms with Crippen molar-refractivity contribution >= 4 is 11.7 Å². The molecule has 0 aliphatic carbocycles. The first-order chi connectivity index (χ1) is 7.24. The van der Waals surface area contributed by atoms with Crippen LogP contribution in [0, 0.1) is 5.82 Å². The number of anilines is 1. The van der Waals surface area contributed by atoms with Crippen LogP contribution in [0.4, 0.5) is 14.9 Å². The number of urea groups is 1. The minimum atomic E-state index is -0.366. The molecule has 1 aromatic carbocycles. The van der Waals surface area contributed by atoms with Crippen LogP contribution in [0.2, 0.25) is 0 Å². The molecule has 1 aromatic rings. The van der Waals surface area contributed by atoms with E-state index in [1.165, 1.54) is 11.0 Å². The number of hydrogen-bond donors (Lipinski definition) is 2. The maximum absolute atomic E-state index is 13.4. The van der Waals surface area contributed by atoms with Gasteiger partial charge in [-0.25, -0.2) is 9.18 Å². The van der Waals surface area contributed by atoms with Crippen molar-refractivity contribution in [3.63, 3.8) is 0 Å². The van der Waals surface area contributed by atoms with Crippen LogP contribution in [-0.2, 0) is 6.54 Å². The van der Waals surface area contributed by atoms with Crippen molar-refractivity contribution in [3.8, 4) is 0 Å². The van der Waals surface area contributed by atoms with Crippen LogP contribution in [0.25, 0.3) is 0 Å². The minimum Gasteiger partial charge on any atom is -0.336 e. The minimum absolute atomic E-state index is 0.0891. The standard InChI is InChI=1S/C10H12FN3O/c11-8-2-1-3-9(7(8)6-12)14-5-4-13-10(14)15/h1-3H,4-6,12H2,(H,13,15). The van der Waals surface area contributed by atoms with Gasteiger partial charge >= 0.3 is 6.03 Å². The van der Waals surface area contributed by atoms with Crippen LogP contribution in [-0.4, -0.2) is 19.1 Å². The first-order valence-corrected chi connectivity index (χ1v) is 4.77. The molecule has 2 rings (SSSR count). The zero-order valence-electron chi connectivity index (χ0n) is 8.16. The van der Waals surface area contributed by atoms with E-state index in [0.717, 1.165) is 0 Å². The first kappa shape index (κ1) is 9.92. The van der Waals surface area contributed by atoms with Gasteiger partial charge in [0.15, 0.2) is 0 Å². The SMILES string of the molecule is NCc1c(F)cccc1N1CCNC1=O. The molecule has 1 heterocycles. The highest BCUT2D eigenvalue weighted by molar-refractivity contribution is 5.94. The lowest BCUT2D eigenvalue weighted by atomic mass is 10.1. The second kappa shape index (κ2) is 3.86. The summed E-state index contributed by atoms with van der Waals surface area (Å²) in [6.45, 7) is 1.22. The van der Waals surface area contributed by atoms with Crippen molar-refractivity contribution in [2.75, 3.05) is 18.0 Å². The van der Waals surface area contributed by atoms with E-state index < -0.39 is 0 Å². The summed E-state index contributed by atoms with van der Waals surface area (Å²) in [6, 6.07) is 4.43. The fraction of sp³-hybridized carbons (Fsp3) is 0.300. The Morgan fingerprint density at radius 3 is 2.93 bits per heavy atom. The molecule has 1 saturated heterocycles. The van der Waals surface area contributed by atoms with Crippen LogP contribution in [0.1, 0.15) is 5.56 Å². The molecule has 15 heavy (non-hydrogen) atoms. The lowest BCUT2D eigenvalue weighted by Gasteiger charge is -2.18. The second-order valence-electron chi connectivity index (χ2n) is 3.33. The summed E-state index contributed by atoms with van der Waals surface area (Å²) in [7, 11) is 0. The molecule has 2 amide bonds. The van der Waals surface area contributed by atoms with Crippen molar-refractivity contribution in [2.45, 2.75) is 6.54 Å². The number of nitrogens with two attached hydrogens (primary N) is 1. The Bertz CT molecular complexity index is 394. The van der Waals surface area contributed by atoms with Crippen molar-refractivity contribution in [3.05, 3.63) is 29.6 Å². The molecular weight excluding hydrogens is 197 g/mol. The number of nitrogens with zero attached hydrogens (tertiary/aromatic N) is 1. The number of hydrogen-bond acceptors (Lipinski definition) is 2. The van der Waals surface area contributed by atoms with E-state index in [0.29, 0.717) is 24.3 Å². The second-order valence-corrected chi connectivity index (χ2v) is 3.33. The lowest BCUT2D eigenvalue weighted by molar-refractivity contribution is 0.252. The van der Waals surface area contributed by atoms with Crippen molar-refractivity contribution in [1.82, 2.24) is 5.32 Å². The number of nitrogens with one attached hydrogen (secondary N) is 1. The largest absolute Gasteiger partial charge is 0.336 e. The van der Waals surface area contributed by atoms with Crippen LogP contribution >= 0.6 is 0 Å². The molecule has 5 heteroatoms. The highest BCUT2D eigenvalue weighted by Gasteiger charge is 2.23. The number of rotatable bonds is 2. The molecule has 0 spiro atoms. The third-order valence-electron chi connectivity index (χ3n) is 2.45. The Labute approximate surface area is 86.9 Å². The van der Waals surface area contributed by atoms with Gasteiger partial charge in [-0.05, 0) is 12.1 Å². The summed E-state index contributed by atoms with van der Waals surface area (Å²) >= 11 is 0. The Hall–Kier alpha value is -1.62. The van der Waals surface area contributed by atoms with Crippen LogP contribution in [0.15, 0.2) is 18.2 Å². The highest BCUT2D eigenvalue weighted by Crippen LogP contribution is 2.23. The van der Waals surface area contributed by atoms with E-state index >= 15 is 0 Å². The summed E-state index contributed by atoms with van der Waals surface area (Å²) < 4.78 is 13.4. The Kier molecular flexibility index (Phi) is 2.55. The van der Waals surface area contributed by atoms with E-state index in [1.807, 2.05) is 0 Å². The van der Waals surface area contributed by atoms with Gasteiger partial charge in [0.2, 0.25) is 0 Å². The van der Waals surface area contributed by atoms with Gasteiger partial charge in [-0.3, -0.25) is 4.90 Å². The van der Waals surface area contributed by atoms with Gasteiger partial charge < -0.3 is 11.1 Å². The fourth-order valence-electron chi connectivity index (χ4n) is 1.70. The Balaban J connectivity index is 2.42. The number of carbonyl (C=O) groups is 1. The van der Waals surface area contributed by atoms with E-state index in [4.69, 9.17) is 5.73 Å². The summed E-state index contributed by atoms with van der Waals surface area (Å²) in [6.07, 6.45) is 0. The van der Waals surface area contributed by atoms with Crippen molar-refractivity contribution in [1.29, 1.82) is 0 Å². The predicted octanol–water partition coefficient (Wildman–Crippen LogP) is 0.814. The molecule has 0 unspecified atom stereocenters. The summed E-state index contributed by atoms with van der Waals surface area (Å²) in [5.41, 5.74) is 6.41. The van der Waals surface area contributed by atoms with E-state index in [9.17, 15) is 9.18 Å². The molecule has 4 nitrogen and oxygen atoms in total. The summed E-state index contributed by atoms with van der Waals surface area (Å²) in [5, 5.41) is 2.66. The van der Waals surface area contributed by atoms with Gasteiger partial charge in [-0.15, -0.1) is 0 Å². The molecular formula is C10H12FN3O. The molecule has 1 aliphatic heterocycles. The molecule has 80 valence electrons. The van der Waals surface area contributed by atoms with E-state index in [2.05, 4.69) is 5.32 Å². The molecule has 3 N–H and O–H groups in total. The van der Waals surface area contributed by atoms with Gasteiger partial charge in [-0.2, -0.15) is 0 Å². The van der Waals surface area contributed by atoms with Gasteiger partial charge in [0.25, 0.3) is 0 Å². The van der Waals surface area contributed by atoms with Gasteiger partial charge in [-0.1, -0.05) is 6.07 Å². The normalized spacial score (nSPS) is 15.6. The van der Waals surface area contributed by atoms with Gasteiger partial charge in [0.05, 0.1) is 5.69 Å². The molecule has 0 radical (unpaired) electrons. The third-order valence-corrected chi connectivity index (χ3v) is 2.45. The highest BCUT2D eigenvalue weighted by atomic mass is 19.1. The third kappa shape index (κ3) is 1.66. The first-order valence-electron chi connectivity index (χ1n) is 4.77. The predicted molar refractivity (Wildman–Crippen MR) is 55.0 cm³/mol. The van der Waals surface area contributed by atoms with Crippen molar-refractivity contribution < 1.29 is 9.18 Å². The molecule has 0 bridgehead atoms. The van der Waals surface area contributed by atoms with Crippen LogP contribution in [0.3, 0.4) is 0 Å². The van der Waals surface area contributed by atoms with E-state index in [-0.39, 0.29) is 18.4 Å². The van der Waals surface area contributed by atoms with E-state index in [1.54, 1.807) is 12.1 Å². The topological polar surface area (TPSA) is 58.4 Å². The van der Waals surface area contributed by atoms with Crippen molar-refractivity contribution in [2.24, 2.45) is 5.73 Å². The number of benzene rings is 1. The number of carbonyl (C=O) groups excluding carboxylic acids is 1. The monoisotopic (exact) mass is 209 g/mol. The summed E-state index contributed by atoms with van der Waals surface area (Å²) in [4.78, 5) is 12.9.